The Hall–Kier alpha value is -4.17. The Kier molecular flexibility index (Phi) is 7.94. The summed E-state index contributed by atoms with van der Waals surface area (Å²) in [5, 5.41) is 2.82. The highest BCUT2D eigenvalue weighted by atomic mass is 16.6. The molecule has 3 rings (SSSR count). The van der Waals surface area contributed by atoms with Gasteiger partial charge in [0.1, 0.15) is 12.1 Å². The molecule has 1 atom stereocenters. The van der Waals surface area contributed by atoms with E-state index in [1.807, 2.05) is 18.2 Å². The summed E-state index contributed by atoms with van der Waals surface area (Å²) >= 11 is 0. The summed E-state index contributed by atoms with van der Waals surface area (Å²) in [5.41, 5.74) is 4.62. The van der Waals surface area contributed by atoms with Gasteiger partial charge < -0.3 is 20.2 Å². The smallest absolute Gasteiger partial charge is 0.352 e. The minimum Gasteiger partial charge on any atom is -0.474 e. The lowest BCUT2D eigenvalue weighted by Crippen LogP contribution is -2.21. The lowest BCUT2D eigenvalue weighted by Gasteiger charge is -2.18. The van der Waals surface area contributed by atoms with Crippen LogP contribution in [0.3, 0.4) is 0 Å². The molecule has 4 N–H and O–H groups in total. The number of esters is 1. The number of ether oxygens (including phenoxy) is 2. The third-order valence-electron chi connectivity index (χ3n) is 4.37. The maximum Gasteiger partial charge on any atom is 0.352 e. The molecule has 1 unspecified atom stereocenters. The molecule has 0 spiro atoms. The Balaban J connectivity index is 1.69. The van der Waals surface area contributed by atoms with Crippen LogP contribution in [0.25, 0.3) is 0 Å². The van der Waals surface area contributed by atoms with Gasteiger partial charge in [-0.2, -0.15) is 0 Å². The number of carbonyl (C=O) groups excluding carboxylic acids is 2. The quantitative estimate of drug-likeness (QED) is 0.156. The molecule has 0 radical (unpaired) electrons. The normalized spacial score (nSPS) is 11.6. The molecule has 0 aliphatic rings. The van der Waals surface area contributed by atoms with Crippen molar-refractivity contribution in [1.29, 1.82) is 0 Å². The summed E-state index contributed by atoms with van der Waals surface area (Å²) in [7, 11) is 0. The van der Waals surface area contributed by atoms with Crippen molar-refractivity contribution < 1.29 is 19.1 Å². The van der Waals surface area contributed by atoms with Gasteiger partial charge in [0.25, 0.3) is 5.91 Å². The van der Waals surface area contributed by atoms with E-state index in [4.69, 9.17) is 15.3 Å². The number of amides is 1. The van der Waals surface area contributed by atoms with Crippen molar-refractivity contribution in [3.05, 3.63) is 90.0 Å². The van der Waals surface area contributed by atoms with Gasteiger partial charge in [0, 0.05) is 16.8 Å². The average Bonchev–Trinajstić information content (AvgIpc) is 2.83. The number of anilines is 1. The van der Waals surface area contributed by atoms with E-state index in [2.05, 4.69) is 15.7 Å². The average molecular weight is 432 g/mol. The zero-order chi connectivity index (χ0) is 22.8. The molecule has 3 aromatic rings. The van der Waals surface area contributed by atoms with Crippen LogP contribution in [0.15, 0.2) is 83.9 Å². The summed E-state index contributed by atoms with van der Waals surface area (Å²) in [6.07, 6.45) is 0.442. The van der Waals surface area contributed by atoms with Crippen LogP contribution >= 0.6 is 0 Å². The molecular weight excluding hydrogens is 408 g/mol. The minimum atomic E-state index is -0.886. The number of nitrogens with one attached hydrogen (secondary N) is 2. The summed E-state index contributed by atoms with van der Waals surface area (Å²) in [6, 6.07) is 22.7. The van der Waals surface area contributed by atoms with Crippen LogP contribution in [0.2, 0.25) is 0 Å². The van der Waals surface area contributed by atoms with Crippen LogP contribution in [0, 0.1) is 0 Å². The lowest BCUT2D eigenvalue weighted by atomic mass is 10.1. The van der Waals surface area contributed by atoms with Gasteiger partial charge in [0.15, 0.2) is 0 Å². The van der Waals surface area contributed by atoms with Crippen LogP contribution in [0.1, 0.15) is 28.9 Å². The molecule has 0 aliphatic carbocycles. The largest absolute Gasteiger partial charge is 0.474 e. The van der Waals surface area contributed by atoms with Gasteiger partial charge in [-0.15, -0.1) is 0 Å². The minimum absolute atomic E-state index is 0.256. The third kappa shape index (κ3) is 6.16. The zero-order valence-corrected chi connectivity index (χ0v) is 17.5. The number of hydrogen-bond donors (Lipinski definition) is 3. The van der Waals surface area contributed by atoms with Crippen LogP contribution in [0.4, 0.5) is 11.4 Å². The van der Waals surface area contributed by atoms with Gasteiger partial charge in [-0.05, 0) is 49.4 Å². The van der Waals surface area contributed by atoms with E-state index in [1.54, 1.807) is 67.6 Å². The fourth-order valence-corrected chi connectivity index (χ4v) is 2.89. The maximum atomic E-state index is 12.6. The number of rotatable bonds is 9. The van der Waals surface area contributed by atoms with Crippen molar-refractivity contribution in [2.45, 2.75) is 13.0 Å². The van der Waals surface area contributed by atoms with Crippen molar-refractivity contribution in [2.75, 3.05) is 11.9 Å². The van der Waals surface area contributed by atoms with Crippen LogP contribution in [0.5, 0.6) is 5.75 Å². The van der Waals surface area contributed by atoms with Crippen LogP contribution in [-0.2, 0) is 9.53 Å². The molecular formula is C24H24N4O4. The summed E-state index contributed by atoms with van der Waals surface area (Å²) in [6.45, 7) is 2.00. The van der Waals surface area contributed by atoms with Gasteiger partial charge in [-0.3, -0.25) is 4.79 Å². The van der Waals surface area contributed by atoms with E-state index in [-0.39, 0.29) is 12.5 Å². The predicted octanol–water partition coefficient (Wildman–Crippen LogP) is 3.75. The Morgan fingerprint density at radius 2 is 1.78 bits per heavy atom. The summed E-state index contributed by atoms with van der Waals surface area (Å²) in [5.74, 6) is 4.88. The monoisotopic (exact) mass is 432 g/mol. The van der Waals surface area contributed by atoms with E-state index in [0.717, 1.165) is 0 Å². The molecule has 1 amide bonds. The van der Waals surface area contributed by atoms with Gasteiger partial charge in [0.05, 0.1) is 12.3 Å². The fourth-order valence-electron chi connectivity index (χ4n) is 2.89. The molecule has 8 nitrogen and oxygen atoms in total. The first-order valence-corrected chi connectivity index (χ1v) is 9.99. The number of carbonyl (C=O) groups is 2. The van der Waals surface area contributed by atoms with Gasteiger partial charge in [-0.1, -0.05) is 36.4 Å². The van der Waals surface area contributed by atoms with E-state index in [0.29, 0.717) is 28.3 Å². The van der Waals surface area contributed by atoms with Crippen LogP contribution < -0.4 is 21.3 Å². The molecule has 3 aromatic carbocycles. The molecule has 0 saturated carbocycles. The van der Waals surface area contributed by atoms with E-state index in [1.165, 1.54) is 6.34 Å². The molecule has 164 valence electrons. The fraction of sp³-hybridized carbons (Fsp3) is 0.125. The lowest BCUT2D eigenvalue weighted by molar-refractivity contribution is -0.151. The summed E-state index contributed by atoms with van der Waals surface area (Å²) < 4.78 is 11.0. The van der Waals surface area contributed by atoms with Crippen molar-refractivity contribution in [3.8, 4) is 5.75 Å². The van der Waals surface area contributed by atoms with E-state index < -0.39 is 12.1 Å². The molecule has 0 aliphatic heterocycles. The van der Waals surface area contributed by atoms with Crippen molar-refractivity contribution in [2.24, 2.45) is 10.8 Å². The first kappa shape index (κ1) is 22.5. The molecule has 8 heteroatoms. The predicted molar refractivity (Wildman–Crippen MR) is 123 cm³/mol. The van der Waals surface area contributed by atoms with E-state index >= 15 is 0 Å². The van der Waals surface area contributed by atoms with Crippen molar-refractivity contribution >= 4 is 29.6 Å². The number of aliphatic imine (C=N–C) groups is 1. The van der Waals surface area contributed by atoms with Gasteiger partial charge in [0.2, 0.25) is 6.10 Å². The third-order valence-corrected chi connectivity index (χ3v) is 4.37. The van der Waals surface area contributed by atoms with Gasteiger partial charge >= 0.3 is 5.97 Å². The van der Waals surface area contributed by atoms with Gasteiger partial charge in [-0.25, -0.2) is 15.6 Å². The standard InChI is InChI=1S/C24H24N4O4/c1-2-31-24(30)22(17-7-4-3-5-8-17)32-21-13-11-19(12-14-21)28-23(29)18-9-6-10-20(15-18)26-16-27-25/h3-16,22H,2,25H2,1H3,(H,26,27)(H,28,29). The second-order valence-electron chi connectivity index (χ2n) is 6.61. The topological polar surface area (TPSA) is 115 Å². The zero-order valence-electron chi connectivity index (χ0n) is 17.5. The second-order valence-corrected chi connectivity index (χ2v) is 6.61. The number of benzene rings is 3. The van der Waals surface area contributed by atoms with Crippen LogP contribution in [-0.4, -0.2) is 24.8 Å². The number of hydrazine groups is 1. The molecule has 0 fully saturated rings. The van der Waals surface area contributed by atoms with Crippen molar-refractivity contribution in [1.82, 2.24) is 5.43 Å². The first-order valence-electron chi connectivity index (χ1n) is 9.99. The Labute approximate surface area is 186 Å². The summed E-state index contributed by atoms with van der Waals surface area (Å²) in [4.78, 5) is 29.0. The Morgan fingerprint density at radius 1 is 1.03 bits per heavy atom. The highest BCUT2D eigenvalue weighted by Crippen LogP contribution is 2.25. The number of hydrogen-bond acceptors (Lipinski definition) is 6. The molecule has 0 heterocycles. The first-order chi connectivity index (χ1) is 15.6. The Morgan fingerprint density at radius 3 is 2.47 bits per heavy atom. The Bertz CT molecular complexity index is 1070. The number of nitrogens with two attached hydrogens (primary N) is 1. The highest BCUT2D eigenvalue weighted by Gasteiger charge is 2.24. The maximum absolute atomic E-state index is 12.6. The highest BCUT2D eigenvalue weighted by molar-refractivity contribution is 6.04. The SMILES string of the molecule is CCOC(=O)C(Oc1ccc(NC(=O)c2cccc(N=CNN)c2)cc1)c1ccccc1. The molecule has 0 saturated heterocycles. The molecule has 0 bridgehead atoms. The number of nitrogens with zero attached hydrogens (tertiary/aromatic N) is 1. The molecule has 0 aromatic heterocycles. The van der Waals surface area contributed by atoms with E-state index in [9.17, 15) is 9.59 Å². The van der Waals surface area contributed by atoms with Crippen molar-refractivity contribution in [3.63, 3.8) is 0 Å². The second kappa shape index (κ2) is 11.3. The molecule has 32 heavy (non-hydrogen) atoms.